The van der Waals surface area contributed by atoms with E-state index in [1.165, 1.54) is 13.2 Å². The van der Waals surface area contributed by atoms with Crippen LogP contribution in [-0.2, 0) is 9.53 Å². The van der Waals surface area contributed by atoms with Gasteiger partial charge >= 0.3 is 5.97 Å². The molecule has 0 radical (unpaired) electrons. The van der Waals surface area contributed by atoms with E-state index in [1.54, 1.807) is 36.4 Å². The lowest BCUT2D eigenvalue weighted by Gasteiger charge is -2.09. The normalized spacial score (nSPS) is 10.0. The molecule has 0 aromatic heterocycles. The molecule has 7 heteroatoms. The van der Waals surface area contributed by atoms with E-state index in [0.717, 1.165) is 5.75 Å². The van der Waals surface area contributed by atoms with Crippen LogP contribution in [0.5, 0.6) is 11.5 Å². The van der Waals surface area contributed by atoms with E-state index in [9.17, 15) is 9.59 Å². The van der Waals surface area contributed by atoms with E-state index in [0.29, 0.717) is 22.5 Å². The van der Waals surface area contributed by atoms with Gasteiger partial charge in [0.15, 0.2) is 6.61 Å². The highest BCUT2D eigenvalue weighted by molar-refractivity contribution is 9.10. The first-order valence-corrected chi connectivity index (χ1v) is 8.36. The van der Waals surface area contributed by atoms with Crippen LogP contribution >= 0.6 is 15.9 Å². The number of hydrogen-bond donors (Lipinski definition) is 1. The van der Waals surface area contributed by atoms with Gasteiger partial charge in [0, 0.05) is 10.2 Å². The molecule has 2 aromatic rings. The number of esters is 1. The molecule has 25 heavy (non-hydrogen) atoms. The van der Waals surface area contributed by atoms with Crippen molar-refractivity contribution in [1.82, 2.24) is 0 Å². The van der Waals surface area contributed by atoms with Crippen molar-refractivity contribution in [2.45, 2.75) is 6.92 Å². The molecule has 0 fully saturated rings. The second-order valence-corrected chi connectivity index (χ2v) is 5.78. The fourth-order valence-electron chi connectivity index (χ4n) is 1.99. The van der Waals surface area contributed by atoms with E-state index in [4.69, 9.17) is 14.2 Å². The first-order chi connectivity index (χ1) is 12.0. The lowest BCUT2D eigenvalue weighted by atomic mass is 10.2. The van der Waals surface area contributed by atoms with Gasteiger partial charge in [-0.1, -0.05) is 0 Å². The lowest BCUT2D eigenvalue weighted by molar-refractivity contribution is -0.119. The predicted octanol–water partition coefficient (Wildman–Crippen LogP) is 3.65. The maximum absolute atomic E-state index is 12.1. The standard InChI is InChI=1S/C18H18BrNO5/c1-3-24-13-6-4-12(5-7-13)20-17(21)11-25-18(22)15-10-14(23-2)8-9-16(15)19/h4-10H,3,11H2,1-2H3,(H,20,21). The molecule has 1 N–H and O–H groups in total. The number of halogens is 1. The zero-order chi connectivity index (χ0) is 18.2. The highest BCUT2D eigenvalue weighted by Gasteiger charge is 2.14. The maximum Gasteiger partial charge on any atom is 0.339 e. The molecular weight excluding hydrogens is 390 g/mol. The third-order valence-corrected chi connectivity index (χ3v) is 3.87. The number of rotatable bonds is 7. The van der Waals surface area contributed by atoms with Gasteiger partial charge in [-0.3, -0.25) is 4.79 Å². The molecule has 0 unspecified atom stereocenters. The largest absolute Gasteiger partial charge is 0.497 e. The number of amides is 1. The minimum Gasteiger partial charge on any atom is -0.497 e. The van der Waals surface area contributed by atoms with Gasteiger partial charge in [0.05, 0.1) is 19.3 Å². The number of benzene rings is 2. The highest BCUT2D eigenvalue weighted by atomic mass is 79.9. The van der Waals surface area contributed by atoms with Crippen molar-refractivity contribution in [3.63, 3.8) is 0 Å². The molecule has 0 saturated carbocycles. The summed E-state index contributed by atoms with van der Waals surface area (Å²) in [6.07, 6.45) is 0. The Balaban J connectivity index is 1.90. The molecule has 1 amide bonds. The quantitative estimate of drug-likeness (QED) is 0.708. The van der Waals surface area contributed by atoms with Crippen LogP contribution in [0.1, 0.15) is 17.3 Å². The van der Waals surface area contributed by atoms with Gasteiger partial charge in [-0.2, -0.15) is 0 Å². The first-order valence-electron chi connectivity index (χ1n) is 7.57. The second kappa shape index (κ2) is 9.08. The number of carbonyl (C=O) groups is 2. The number of ether oxygens (including phenoxy) is 3. The molecule has 0 aliphatic heterocycles. The number of hydrogen-bond acceptors (Lipinski definition) is 5. The molecule has 6 nitrogen and oxygen atoms in total. The number of carbonyl (C=O) groups excluding carboxylic acids is 2. The van der Waals surface area contributed by atoms with E-state index in [2.05, 4.69) is 21.2 Å². The van der Waals surface area contributed by atoms with Crippen molar-refractivity contribution >= 4 is 33.5 Å². The summed E-state index contributed by atoms with van der Waals surface area (Å²) in [5, 5.41) is 2.65. The average molecular weight is 408 g/mol. The molecular formula is C18H18BrNO5. The van der Waals surface area contributed by atoms with Crippen LogP contribution in [-0.4, -0.2) is 32.2 Å². The zero-order valence-electron chi connectivity index (χ0n) is 13.9. The zero-order valence-corrected chi connectivity index (χ0v) is 15.5. The van der Waals surface area contributed by atoms with Crippen molar-refractivity contribution in [2.75, 3.05) is 25.6 Å². The van der Waals surface area contributed by atoms with Crippen LogP contribution in [0.2, 0.25) is 0 Å². The van der Waals surface area contributed by atoms with Gasteiger partial charge < -0.3 is 19.5 Å². The smallest absolute Gasteiger partial charge is 0.339 e. The molecule has 0 spiro atoms. The van der Waals surface area contributed by atoms with Crippen molar-refractivity contribution in [3.8, 4) is 11.5 Å². The molecule has 0 saturated heterocycles. The summed E-state index contributed by atoms with van der Waals surface area (Å²) in [5.74, 6) is 0.188. The third-order valence-electron chi connectivity index (χ3n) is 3.18. The Morgan fingerprint density at radius 3 is 2.40 bits per heavy atom. The maximum atomic E-state index is 12.1. The Labute approximate surface area is 154 Å². The van der Waals surface area contributed by atoms with E-state index >= 15 is 0 Å². The monoisotopic (exact) mass is 407 g/mol. The summed E-state index contributed by atoms with van der Waals surface area (Å²) in [6, 6.07) is 11.8. The average Bonchev–Trinajstić information content (AvgIpc) is 2.62. The molecule has 132 valence electrons. The first kappa shape index (κ1) is 18.8. The van der Waals surface area contributed by atoms with Crippen molar-refractivity contribution in [3.05, 3.63) is 52.5 Å². The Morgan fingerprint density at radius 1 is 1.08 bits per heavy atom. The van der Waals surface area contributed by atoms with Crippen LogP contribution in [0.3, 0.4) is 0 Å². The second-order valence-electron chi connectivity index (χ2n) is 4.93. The fraction of sp³-hybridized carbons (Fsp3) is 0.222. The van der Waals surface area contributed by atoms with Crippen LogP contribution in [0.4, 0.5) is 5.69 Å². The molecule has 0 atom stereocenters. The van der Waals surface area contributed by atoms with E-state index in [1.807, 2.05) is 6.92 Å². The highest BCUT2D eigenvalue weighted by Crippen LogP contribution is 2.23. The van der Waals surface area contributed by atoms with Crippen molar-refractivity contribution < 1.29 is 23.8 Å². The van der Waals surface area contributed by atoms with Crippen molar-refractivity contribution in [2.24, 2.45) is 0 Å². The summed E-state index contributed by atoms with van der Waals surface area (Å²) in [5.41, 5.74) is 0.875. The minimum absolute atomic E-state index is 0.285. The van der Waals surface area contributed by atoms with Crippen LogP contribution in [0, 0.1) is 0 Å². The lowest BCUT2D eigenvalue weighted by Crippen LogP contribution is -2.21. The van der Waals surface area contributed by atoms with E-state index in [-0.39, 0.29) is 5.56 Å². The predicted molar refractivity (Wildman–Crippen MR) is 97.2 cm³/mol. The van der Waals surface area contributed by atoms with Gasteiger partial charge in [0.25, 0.3) is 5.91 Å². The molecule has 0 heterocycles. The SMILES string of the molecule is CCOc1ccc(NC(=O)COC(=O)c2cc(OC)ccc2Br)cc1. The summed E-state index contributed by atoms with van der Waals surface area (Å²) >= 11 is 3.27. The Bertz CT molecular complexity index is 746. The molecule has 2 aromatic carbocycles. The number of nitrogens with one attached hydrogen (secondary N) is 1. The van der Waals surface area contributed by atoms with Gasteiger partial charge in [-0.25, -0.2) is 4.79 Å². The summed E-state index contributed by atoms with van der Waals surface area (Å²) in [7, 11) is 1.50. The summed E-state index contributed by atoms with van der Waals surface area (Å²) in [6.45, 7) is 2.07. The Hall–Kier alpha value is -2.54. The minimum atomic E-state index is -0.618. The molecule has 0 bridgehead atoms. The topological polar surface area (TPSA) is 73.9 Å². The molecule has 0 aliphatic carbocycles. The van der Waals surface area contributed by atoms with E-state index < -0.39 is 18.5 Å². The van der Waals surface area contributed by atoms with Crippen LogP contribution in [0.15, 0.2) is 46.9 Å². The summed E-state index contributed by atoms with van der Waals surface area (Å²) in [4.78, 5) is 24.0. The van der Waals surface area contributed by atoms with Crippen LogP contribution < -0.4 is 14.8 Å². The molecule has 2 rings (SSSR count). The Morgan fingerprint density at radius 2 is 1.76 bits per heavy atom. The van der Waals surface area contributed by atoms with Gasteiger partial charge in [0.2, 0.25) is 0 Å². The summed E-state index contributed by atoms with van der Waals surface area (Å²) < 4.78 is 16.0. The van der Waals surface area contributed by atoms with Gasteiger partial charge in [0.1, 0.15) is 11.5 Å². The van der Waals surface area contributed by atoms with Gasteiger partial charge in [-0.15, -0.1) is 0 Å². The fourth-order valence-corrected chi connectivity index (χ4v) is 2.40. The van der Waals surface area contributed by atoms with Gasteiger partial charge in [-0.05, 0) is 65.3 Å². The van der Waals surface area contributed by atoms with Crippen molar-refractivity contribution in [1.29, 1.82) is 0 Å². The Kier molecular flexibility index (Phi) is 6.82. The third kappa shape index (κ3) is 5.49. The molecule has 0 aliphatic rings. The van der Waals surface area contributed by atoms with Crippen LogP contribution in [0.25, 0.3) is 0 Å². The number of anilines is 1. The number of methoxy groups -OCH3 is 1.